The Morgan fingerprint density at radius 1 is 1.31 bits per heavy atom. The summed E-state index contributed by atoms with van der Waals surface area (Å²) in [4.78, 5) is 18.6. The number of carbonyl (C=O) groups excluding carboxylic acids is 2. The van der Waals surface area contributed by atoms with Gasteiger partial charge in [0.2, 0.25) is 0 Å². The molecule has 62 valence electrons. The molecule has 0 amide bonds. The van der Waals surface area contributed by atoms with Crippen molar-refractivity contribution in [1.29, 1.82) is 0 Å². The second kappa shape index (κ2) is 15.5. The van der Waals surface area contributed by atoms with E-state index in [0.29, 0.717) is 0 Å². The Morgan fingerprint density at radius 3 is 1.46 bits per heavy atom. The van der Waals surface area contributed by atoms with E-state index in [-0.39, 0.29) is 86.5 Å². The molecule has 0 spiro atoms. The van der Waals surface area contributed by atoms with Crippen molar-refractivity contribution < 1.29 is 101 Å². The van der Waals surface area contributed by atoms with E-state index in [1.54, 1.807) is 0 Å². The van der Waals surface area contributed by atoms with Gasteiger partial charge in [-0.1, -0.05) is 13.2 Å². The number of carboxylic acids is 2. The van der Waals surface area contributed by atoms with E-state index in [2.05, 4.69) is 13.2 Å². The number of aliphatic carboxylic acids is 2. The van der Waals surface area contributed by atoms with Crippen molar-refractivity contribution in [2.45, 2.75) is 6.92 Å². The van der Waals surface area contributed by atoms with Gasteiger partial charge >= 0.3 is 80.9 Å². The number of hydrogen-bond acceptors (Lipinski definition) is 4. The summed E-state index contributed by atoms with van der Waals surface area (Å²) >= 11 is 0. The first-order valence-corrected chi connectivity index (χ1v) is 2.62. The molecule has 0 aromatic heterocycles. The molecule has 0 atom stereocenters. The predicted octanol–water partition coefficient (Wildman–Crippen LogP) is -7.76. The first kappa shape index (κ1) is 23.7. The maximum absolute atomic E-state index is 9.49. The minimum Gasteiger partial charge on any atom is -0.545 e. The molecule has 0 fully saturated rings. The van der Waals surface area contributed by atoms with Crippen LogP contribution in [0, 0.1) is 0 Å². The molecule has 0 radical (unpaired) electrons. The summed E-state index contributed by atoms with van der Waals surface area (Å²) in [6, 6.07) is 0. The number of carboxylic acid groups (broad SMARTS) is 2. The minimum atomic E-state index is -1.23. The maximum Gasteiger partial charge on any atom is 1.00 e. The number of carbonyl (C=O) groups is 2. The van der Waals surface area contributed by atoms with Crippen molar-refractivity contribution in [2.75, 3.05) is 0 Å². The molecule has 0 aliphatic rings. The molecule has 0 bridgehead atoms. The van der Waals surface area contributed by atoms with Crippen LogP contribution in [0.2, 0.25) is 0 Å². The fourth-order valence-electron chi connectivity index (χ4n) is 0. The van der Waals surface area contributed by atoms with Gasteiger partial charge in [-0.05, 0) is 18.6 Å². The van der Waals surface area contributed by atoms with Crippen LogP contribution in [-0.2, 0) is 9.59 Å². The van der Waals surface area contributed by atoms with Crippen LogP contribution in [0.15, 0.2) is 24.8 Å². The SMILES string of the molecule is C=C(C)C(=O)[O-].C=CC(=O)[O-].[K+].[Na+]. The van der Waals surface area contributed by atoms with Gasteiger partial charge in [0.25, 0.3) is 0 Å². The van der Waals surface area contributed by atoms with Gasteiger partial charge in [0.15, 0.2) is 0 Å². The van der Waals surface area contributed by atoms with E-state index in [0.717, 1.165) is 6.08 Å². The van der Waals surface area contributed by atoms with Crippen molar-refractivity contribution in [2.24, 2.45) is 0 Å². The van der Waals surface area contributed by atoms with Gasteiger partial charge in [-0.15, -0.1) is 0 Å². The first-order valence-electron chi connectivity index (χ1n) is 2.62. The Kier molecular flexibility index (Phi) is 28.3. The fourth-order valence-corrected chi connectivity index (χ4v) is 0. The molecule has 0 aromatic carbocycles. The summed E-state index contributed by atoms with van der Waals surface area (Å²) in [5.41, 5.74) is 0.0648. The van der Waals surface area contributed by atoms with Crippen LogP contribution in [0.25, 0.3) is 0 Å². The normalized spacial score (nSPS) is 5.92. The minimum absolute atomic E-state index is 0. The molecular formula is C7H8KNaO4. The maximum atomic E-state index is 9.49. The van der Waals surface area contributed by atoms with E-state index in [4.69, 9.17) is 9.90 Å². The van der Waals surface area contributed by atoms with Crippen molar-refractivity contribution in [3.63, 3.8) is 0 Å². The third-order valence-electron chi connectivity index (χ3n) is 0.515. The number of rotatable bonds is 2. The molecular weight excluding hydrogens is 210 g/mol. The molecule has 0 aliphatic carbocycles. The molecule has 0 aromatic rings. The fraction of sp³-hybridized carbons (Fsp3) is 0.143. The second-order valence-corrected chi connectivity index (χ2v) is 1.59. The van der Waals surface area contributed by atoms with Gasteiger partial charge in [0.05, 0.1) is 11.9 Å². The smallest absolute Gasteiger partial charge is 0.545 e. The Labute approximate surface area is 142 Å². The molecule has 0 rings (SSSR count). The van der Waals surface area contributed by atoms with Gasteiger partial charge in [-0.3, -0.25) is 0 Å². The zero-order valence-electron chi connectivity index (χ0n) is 8.12. The van der Waals surface area contributed by atoms with Crippen LogP contribution in [-0.4, -0.2) is 11.9 Å². The average molecular weight is 218 g/mol. The zero-order chi connectivity index (χ0) is 9.44. The summed E-state index contributed by atoms with van der Waals surface area (Å²) in [5, 5.41) is 18.6. The Hall–Kier alpha value is 1.06. The van der Waals surface area contributed by atoms with Gasteiger partial charge in [-0.25, -0.2) is 0 Å². The van der Waals surface area contributed by atoms with Crippen LogP contribution in [0.1, 0.15) is 6.92 Å². The monoisotopic (exact) mass is 218 g/mol. The third-order valence-corrected chi connectivity index (χ3v) is 0.515. The zero-order valence-corrected chi connectivity index (χ0v) is 13.2. The molecule has 0 heterocycles. The predicted molar refractivity (Wildman–Crippen MR) is 35.0 cm³/mol. The quantitative estimate of drug-likeness (QED) is 0.340. The molecule has 4 nitrogen and oxygen atoms in total. The van der Waals surface area contributed by atoms with Gasteiger partial charge < -0.3 is 19.8 Å². The first-order chi connectivity index (χ1) is 4.91. The molecule has 13 heavy (non-hydrogen) atoms. The van der Waals surface area contributed by atoms with Gasteiger partial charge in [0.1, 0.15) is 0 Å². The molecule has 0 aliphatic heterocycles. The Balaban J connectivity index is -0.0000000546. The van der Waals surface area contributed by atoms with Crippen LogP contribution < -0.4 is 91.2 Å². The van der Waals surface area contributed by atoms with E-state index in [9.17, 15) is 9.90 Å². The van der Waals surface area contributed by atoms with E-state index in [1.807, 2.05) is 0 Å². The topological polar surface area (TPSA) is 80.3 Å². The van der Waals surface area contributed by atoms with Crippen LogP contribution >= 0.6 is 0 Å². The van der Waals surface area contributed by atoms with Crippen molar-refractivity contribution in [3.05, 3.63) is 24.8 Å². The van der Waals surface area contributed by atoms with Crippen molar-refractivity contribution in [3.8, 4) is 0 Å². The van der Waals surface area contributed by atoms with E-state index >= 15 is 0 Å². The molecule has 0 saturated carbocycles. The Bertz CT molecular complexity index is 179. The summed E-state index contributed by atoms with van der Waals surface area (Å²) in [5.74, 6) is -2.42. The molecule has 0 saturated heterocycles. The summed E-state index contributed by atoms with van der Waals surface area (Å²) in [6.07, 6.45) is 0.722. The van der Waals surface area contributed by atoms with Crippen molar-refractivity contribution in [1.82, 2.24) is 0 Å². The van der Waals surface area contributed by atoms with Gasteiger partial charge in [0, 0.05) is 0 Å². The van der Waals surface area contributed by atoms with E-state index in [1.165, 1.54) is 6.92 Å². The van der Waals surface area contributed by atoms with Crippen LogP contribution in [0.4, 0.5) is 0 Å². The Morgan fingerprint density at radius 2 is 1.46 bits per heavy atom. The standard InChI is InChI=1S/C4H6O2.C3H4O2.K.Na/c1-3(2)4(5)6;1-2-3(4)5;;/h1H2,2H3,(H,5,6);2H,1H2,(H,4,5);;/q;;2*+1/p-2. The van der Waals surface area contributed by atoms with E-state index < -0.39 is 11.9 Å². The second-order valence-electron chi connectivity index (χ2n) is 1.59. The summed E-state index contributed by atoms with van der Waals surface area (Å²) in [6.45, 7) is 7.38. The summed E-state index contributed by atoms with van der Waals surface area (Å²) in [7, 11) is 0. The van der Waals surface area contributed by atoms with Gasteiger partial charge in [-0.2, -0.15) is 0 Å². The molecule has 0 N–H and O–H groups in total. The molecule has 6 heteroatoms. The van der Waals surface area contributed by atoms with Crippen LogP contribution in [0.3, 0.4) is 0 Å². The number of hydrogen-bond donors (Lipinski definition) is 0. The largest absolute Gasteiger partial charge is 1.00 e. The third kappa shape index (κ3) is 32.1. The average Bonchev–Trinajstić information content (AvgIpc) is 1.89. The summed E-state index contributed by atoms with van der Waals surface area (Å²) < 4.78 is 0. The van der Waals surface area contributed by atoms with Crippen LogP contribution in [0.5, 0.6) is 0 Å². The molecule has 0 unspecified atom stereocenters. The van der Waals surface area contributed by atoms with Crippen molar-refractivity contribution >= 4 is 11.9 Å².